The first kappa shape index (κ1) is 24.5. The zero-order chi connectivity index (χ0) is 25.4. The van der Waals surface area contributed by atoms with Crippen molar-refractivity contribution in [2.75, 3.05) is 19.7 Å². The molecule has 188 valence electrons. The van der Waals surface area contributed by atoms with Gasteiger partial charge in [0.2, 0.25) is 0 Å². The van der Waals surface area contributed by atoms with Gasteiger partial charge in [0.1, 0.15) is 35.7 Å². The first-order chi connectivity index (χ1) is 17.3. The van der Waals surface area contributed by atoms with Crippen molar-refractivity contribution in [1.82, 2.24) is 4.90 Å². The lowest BCUT2D eigenvalue weighted by atomic mass is 9.86. The number of likely N-dealkylation sites (tertiary alicyclic amines) is 1. The van der Waals surface area contributed by atoms with Gasteiger partial charge in [-0.25, -0.2) is 0 Å². The summed E-state index contributed by atoms with van der Waals surface area (Å²) in [6, 6.07) is 18.7. The summed E-state index contributed by atoms with van der Waals surface area (Å²) in [4.78, 5) is 2.49. The molecule has 3 unspecified atom stereocenters. The number of aromatic hydroxyl groups is 2. The summed E-state index contributed by atoms with van der Waals surface area (Å²) < 4.78 is 12.6. The van der Waals surface area contributed by atoms with Gasteiger partial charge in [-0.1, -0.05) is 36.7 Å². The van der Waals surface area contributed by atoms with Gasteiger partial charge < -0.3 is 19.7 Å². The fraction of sp³-hybridized carbons (Fsp3) is 0.333. The Balaban J connectivity index is 1.42. The van der Waals surface area contributed by atoms with Crippen LogP contribution in [-0.2, 0) is 0 Å². The van der Waals surface area contributed by atoms with Crippen LogP contribution >= 0.6 is 11.6 Å². The van der Waals surface area contributed by atoms with Crippen molar-refractivity contribution in [2.45, 2.75) is 39.3 Å². The maximum absolute atomic E-state index is 10.1. The van der Waals surface area contributed by atoms with E-state index in [0.29, 0.717) is 18.4 Å². The van der Waals surface area contributed by atoms with Crippen molar-refractivity contribution in [3.8, 4) is 23.0 Å². The molecule has 1 saturated heterocycles. The summed E-state index contributed by atoms with van der Waals surface area (Å²) in [6.07, 6.45) is 0.867. The highest BCUT2D eigenvalue weighted by Gasteiger charge is 2.30. The lowest BCUT2D eigenvalue weighted by molar-refractivity contribution is 0.169. The molecule has 2 N–H and O–H groups in total. The molecule has 3 aromatic carbocycles. The molecule has 3 aromatic rings. The maximum atomic E-state index is 10.1. The van der Waals surface area contributed by atoms with Crippen molar-refractivity contribution in [3.63, 3.8) is 0 Å². The topological polar surface area (TPSA) is 62.2 Å². The van der Waals surface area contributed by atoms with Crippen molar-refractivity contribution in [3.05, 3.63) is 82.4 Å². The van der Waals surface area contributed by atoms with Gasteiger partial charge in [0.15, 0.2) is 0 Å². The third-order valence-electron chi connectivity index (χ3n) is 7.29. The monoisotopic (exact) mass is 505 g/mol. The van der Waals surface area contributed by atoms with E-state index in [1.54, 1.807) is 30.3 Å². The van der Waals surface area contributed by atoms with Gasteiger partial charge in [-0.15, -0.1) is 0 Å². The number of benzene rings is 3. The second kappa shape index (κ2) is 10.1. The fourth-order valence-corrected chi connectivity index (χ4v) is 5.33. The van der Waals surface area contributed by atoms with Crippen molar-refractivity contribution in [2.24, 2.45) is 5.92 Å². The predicted molar refractivity (Wildman–Crippen MR) is 144 cm³/mol. The molecule has 0 saturated carbocycles. The Kier molecular flexibility index (Phi) is 6.87. The van der Waals surface area contributed by atoms with E-state index in [0.717, 1.165) is 52.6 Å². The van der Waals surface area contributed by atoms with Crippen LogP contribution in [0.3, 0.4) is 0 Å². The highest BCUT2D eigenvalue weighted by molar-refractivity contribution is 6.32. The van der Waals surface area contributed by atoms with Gasteiger partial charge in [-0.2, -0.15) is 0 Å². The molecule has 0 bridgehead atoms. The Morgan fingerprint density at radius 1 is 1.08 bits per heavy atom. The Labute approximate surface area is 217 Å². The molecule has 5 nitrogen and oxygen atoms in total. The zero-order valence-electron chi connectivity index (χ0n) is 20.9. The van der Waals surface area contributed by atoms with Crippen LogP contribution in [0, 0.1) is 5.92 Å². The molecule has 1 fully saturated rings. The van der Waals surface area contributed by atoms with E-state index in [9.17, 15) is 10.2 Å². The van der Waals surface area contributed by atoms with E-state index in [4.69, 9.17) is 21.1 Å². The normalized spacial score (nSPS) is 20.7. The van der Waals surface area contributed by atoms with Crippen molar-refractivity contribution < 1.29 is 19.7 Å². The molecule has 2 aliphatic heterocycles. The molecule has 0 aromatic heterocycles. The first-order valence-electron chi connectivity index (χ1n) is 12.5. The Hall–Kier alpha value is -3.15. The number of halogens is 1. The molecule has 0 aliphatic carbocycles. The van der Waals surface area contributed by atoms with E-state index < -0.39 is 0 Å². The molecule has 36 heavy (non-hydrogen) atoms. The van der Waals surface area contributed by atoms with E-state index in [2.05, 4.69) is 18.7 Å². The minimum atomic E-state index is -0.387. The Morgan fingerprint density at radius 3 is 2.56 bits per heavy atom. The number of hydrogen-bond acceptors (Lipinski definition) is 5. The summed E-state index contributed by atoms with van der Waals surface area (Å²) in [5, 5.41) is 20.3. The van der Waals surface area contributed by atoms with Gasteiger partial charge >= 0.3 is 0 Å². The number of nitrogens with zero attached hydrogens (tertiary/aromatic N) is 1. The number of phenolic OH excluding ortho intramolecular Hbond substituents is 2. The molecule has 2 aliphatic rings. The highest BCUT2D eigenvalue weighted by Crippen LogP contribution is 2.48. The Bertz CT molecular complexity index is 1290. The van der Waals surface area contributed by atoms with Gasteiger partial charge in [0.25, 0.3) is 0 Å². The van der Waals surface area contributed by atoms with E-state index in [1.807, 2.05) is 37.3 Å². The summed E-state index contributed by atoms with van der Waals surface area (Å²) >= 11 is 6.26. The van der Waals surface area contributed by atoms with Gasteiger partial charge in [-0.05, 0) is 91.9 Å². The summed E-state index contributed by atoms with van der Waals surface area (Å²) in [6.45, 7) is 9.47. The van der Waals surface area contributed by atoms with Crippen molar-refractivity contribution >= 4 is 22.7 Å². The van der Waals surface area contributed by atoms with E-state index in [1.165, 1.54) is 6.42 Å². The standard InChI is InChI=1S/C30H32ClNO4/c1-18-12-13-32(16-18)19(2)17-35-24-8-4-21(5-9-24)30-29(22-6-10-27(34)26(31)14-22)20(3)25-15-23(33)7-11-28(25)36-30/h4-11,14-15,18-19,30,33-34H,12-13,16-17H2,1-3H3. The maximum Gasteiger partial charge on any atom is 0.150 e. The number of allylic oxidation sites excluding steroid dienone is 1. The quantitative estimate of drug-likeness (QED) is 0.380. The summed E-state index contributed by atoms with van der Waals surface area (Å²) in [7, 11) is 0. The lowest BCUT2D eigenvalue weighted by Crippen LogP contribution is -2.35. The molecule has 6 heteroatoms. The zero-order valence-corrected chi connectivity index (χ0v) is 21.6. The predicted octanol–water partition coefficient (Wildman–Crippen LogP) is 6.92. The van der Waals surface area contributed by atoms with Crippen LogP contribution in [0.4, 0.5) is 0 Å². The minimum Gasteiger partial charge on any atom is -0.508 e. The number of phenols is 2. The summed E-state index contributed by atoms with van der Waals surface area (Å²) in [5.41, 5.74) is 4.56. The molecule has 2 heterocycles. The number of fused-ring (bicyclic) bond motifs is 1. The average molecular weight is 506 g/mol. The third-order valence-corrected chi connectivity index (χ3v) is 7.59. The Morgan fingerprint density at radius 2 is 1.86 bits per heavy atom. The average Bonchev–Trinajstić information content (AvgIpc) is 3.31. The third kappa shape index (κ3) is 4.91. The fourth-order valence-electron chi connectivity index (χ4n) is 5.15. The molecule has 0 spiro atoms. The van der Waals surface area contributed by atoms with Gasteiger partial charge in [0.05, 0.1) is 5.02 Å². The number of ether oxygens (including phenoxy) is 2. The summed E-state index contributed by atoms with van der Waals surface area (Å²) in [5.74, 6) is 2.50. The number of hydrogen-bond donors (Lipinski definition) is 2. The van der Waals surface area contributed by atoms with Crippen LogP contribution in [0.5, 0.6) is 23.0 Å². The van der Waals surface area contributed by atoms with Crippen LogP contribution in [0.1, 0.15) is 50.0 Å². The van der Waals surface area contributed by atoms with Crippen molar-refractivity contribution in [1.29, 1.82) is 0 Å². The largest absolute Gasteiger partial charge is 0.508 e. The van der Waals surface area contributed by atoms with Crippen LogP contribution in [-0.4, -0.2) is 40.9 Å². The SMILES string of the molecule is CC1=C(c2ccc(O)c(Cl)c2)C(c2ccc(OCC(C)N3CCC(C)C3)cc2)Oc2ccc(O)cc21. The van der Waals surface area contributed by atoms with Crippen LogP contribution in [0.25, 0.3) is 11.1 Å². The van der Waals surface area contributed by atoms with E-state index in [-0.39, 0.29) is 22.6 Å². The van der Waals surface area contributed by atoms with Crippen LogP contribution in [0.2, 0.25) is 5.02 Å². The second-order valence-electron chi connectivity index (χ2n) is 10.0. The molecular weight excluding hydrogens is 474 g/mol. The molecular formula is C30H32ClNO4. The van der Waals surface area contributed by atoms with Gasteiger partial charge in [0, 0.05) is 23.7 Å². The minimum absolute atomic E-state index is 0.0316. The second-order valence-corrected chi connectivity index (χ2v) is 10.4. The molecule has 3 atom stereocenters. The first-order valence-corrected chi connectivity index (χ1v) is 12.8. The molecule has 0 amide bonds. The van der Waals surface area contributed by atoms with E-state index >= 15 is 0 Å². The van der Waals surface area contributed by atoms with Gasteiger partial charge in [-0.3, -0.25) is 4.90 Å². The lowest BCUT2D eigenvalue weighted by Gasteiger charge is -2.31. The van der Waals surface area contributed by atoms with Crippen LogP contribution < -0.4 is 9.47 Å². The molecule has 0 radical (unpaired) electrons. The smallest absolute Gasteiger partial charge is 0.150 e. The highest BCUT2D eigenvalue weighted by atomic mass is 35.5. The van der Waals surface area contributed by atoms with Crippen LogP contribution in [0.15, 0.2) is 60.7 Å². The molecule has 5 rings (SSSR count). The number of rotatable bonds is 6.